The van der Waals surface area contributed by atoms with Crippen LogP contribution in [0.15, 0.2) is 16.7 Å². The second-order valence-corrected chi connectivity index (χ2v) is 6.39. The Morgan fingerprint density at radius 3 is 2.70 bits per heavy atom. The quantitative estimate of drug-likeness (QED) is 0.828. The van der Waals surface area contributed by atoms with Crippen LogP contribution in [0.25, 0.3) is 0 Å². The number of hydrogen-bond acceptors (Lipinski definition) is 4. The third-order valence-electron chi connectivity index (χ3n) is 2.25. The number of rotatable bonds is 4. The van der Waals surface area contributed by atoms with E-state index >= 15 is 0 Å². The Labute approximate surface area is 132 Å². The van der Waals surface area contributed by atoms with Crippen LogP contribution in [0.3, 0.4) is 0 Å². The van der Waals surface area contributed by atoms with Crippen LogP contribution < -0.4 is 4.90 Å². The molecule has 1 amide bonds. The number of aromatic nitrogens is 1. The molecule has 1 N–H and O–H groups in total. The van der Waals surface area contributed by atoms with Gasteiger partial charge in [-0.2, -0.15) is 0 Å². The third-order valence-corrected chi connectivity index (χ3v) is 3.38. The number of aliphatic hydroxyl groups is 1. The van der Waals surface area contributed by atoms with Crippen molar-refractivity contribution in [3.8, 4) is 0 Å². The zero-order valence-corrected chi connectivity index (χ0v) is 14.0. The van der Waals surface area contributed by atoms with E-state index < -0.39 is 11.7 Å². The fourth-order valence-electron chi connectivity index (χ4n) is 1.43. The molecule has 0 aliphatic carbocycles. The van der Waals surface area contributed by atoms with Gasteiger partial charge in [-0.3, -0.25) is 4.90 Å². The summed E-state index contributed by atoms with van der Waals surface area (Å²) in [6.45, 7) is 5.71. The number of hydrogen-bond donors (Lipinski definition) is 1. The van der Waals surface area contributed by atoms with Gasteiger partial charge >= 0.3 is 6.09 Å². The minimum Gasteiger partial charge on any atom is -0.443 e. The van der Waals surface area contributed by atoms with E-state index in [1.807, 2.05) is 0 Å². The highest BCUT2D eigenvalue weighted by Gasteiger charge is 2.23. The summed E-state index contributed by atoms with van der Waals surface area (Å²) in [6.07, 6.45) is 1.45. The van der Waals surface area contributed by atoms with Crippen LogP contribution in [0.4, 0.5) is 10.5 Å². The first kappa shape index (κ1) is 17.2. The second kappa shape index (κ2) is 7.24. The van der Waals surface area contributed by atoms with Gasteiger partial charge in [-0.05, 0) is 49.2 Å². The van der Waals surface area contributed by atoms with Gasteiger partial charge in [-0.15, -0.1) is 0 Å². The standard InChI is InChI=1S/C13H18BrClN2O3/c1-13(2,3)20-12(19)17(5-4-6-18)9-7-10(14)11(15)16-8-9/h7-8,18H,4-6H2,1-3H3. The first-order chi connectivity index (χ1) is 9.24. The molecule has 0 bridgehead atoms. The van der Waals surface area contributed by atoms with Gasteiger partial charge in [-0.25, -0.2) is 9.78 Å². The molecule has 0 atom stereocenters. The third kappa shape index (κ3) is 5.26. The molecule has 112 valence electrons. The molecule has 0 unspecified atom stereocenters. The van der Waals surface area contributed by atoms with Gasteiger partial charge < -0.3 is 9.84 Å². The summed E-state index contributed by atoms with van der Waals surface area (Å²) in [5, 5.41) is 9.27. The van der Waals surface area contributed by atoms with Gasteiger partial charge in [0.2, 0.25) is 0 Å². The molecule has 1 rings (SSSR count). The highest BCUT2D eigenvalue weighted by Crippen LogP contribution is 2.26. The molecule has 0 spiro atoms. The van der Waals surface area contributed by atoms with E-state index in [2.05, 4.69) is 20.9 Å². The number of anilines is 1. The van der Waals surface area contributed by atoms with Crippen molar-refractivity contribution in [3.63, 3.8) is 0 Å². The van der Waals surface area contributed by atoms with E-state index in [1.54, 1.807) is 26.8 Å². The second-order valence-electron chi connectivity index (χ2n) is 5.18. The van der Waals surface area contributed by atoms with Gasteiger partial charge in [0.05, 0.1) is 16.4 Å². The monoisotopic (exact) mass is 364 g/mol. The van der Waals surface area contributed by atoms with E-state index in [1.165, 1.54) is 11.1 Å². The van der Waals surface area contributed by atoms with Crippen molar-refractivity contribution in [3.05, 3.63) is 21.9 Å². The summed E-state index contributed by atoms with van der Waals surface area (Å²) in [7, 11) is 0. The zero-order chi connectivity index (χ0) is 15.3. The van der Waals surface area contributed by atoms with Crippen molar-refractivity contribution in [1.82, 2.24) is 4.98 Å². The number of carbonyl (C=O) groups excluding carboxylic acids is 1. The molecule has 20 heavy (non-hydrogen) atoms. The Kier molecular flexibility index (Phi) is 6.23. The SMILES string of the molecule is CC(C)(C)OC(=O)N(CCCO)c1cnc(Cl)c(Br)c1. The molecule has 0 saturated carbocycles. The molecule has 1 heterocycles. The Morgan fingerprint density at radius 2 is 2.20 bits per heavy atom. The van der Waals surface area contributed by atoms with E-state index in [0.717, 1.165) is 0 Å². The van der Waals surface area contributed by atoms with Gasteiger partial charge in [0.1, 0.15) is 10.8 Å². The van der Waals surface area contributed by atoms with Crippen LogP contribution in [-0.4, -0.2) is 34.9 Å². The molecule has 7 heteroatoms. The number of nitrogens with zero attached hydrogens (tertiary/aromatic N) is 2. The van der Waals surface area contributed by atoms with Crippen LogP contribution >= 0.6 is 27.5 Å². The lowest BCUT2D eigenvalue weighted by Crippen LogP contribution is -2.37. The number of halogens is 2. The summed E-state index contributed by atoms with van der Waals surface area (Å²) in [6, 6.07) is 1.69. The van der Waals surface area contributed by atoms with Crippen molar-refractivity contribution >= 4 is 39.3 Å². The van der Waals surface area contributed by atoms with Gasteiger partial charge in [-0.1, -0.05) is 11.6 Å². The topological polar surface area (TPSA) is 62.7 Å². The van der Waals surface area contributed by atoms with Gasteiger partial charge in [0.15, 0.2) is 0 Å². The molecular formula is C13H18BrClN2O3. The minimum absolute atomic E-state index is 0.0124. The highest BCUT2D eigenvalue weighted by atomic mass is 79.9. The van der Waals surface area contributed by atoms with Crippen LogP contribution in [0.1, 0.15) is 27.2 Å². The molecule has 0 aliphatic heterocycles. The lowest BCUT2D eigenvalue weighted by molar-refractivity contribution is 0.0578. The predicted molar refractivity (Wildman–Crippen MR) is 82.2 cm³/mol. The normalized spacial score (nSPS) is 11.3. The molecule has 5 nitrogen and oxygen atoms in total. The minimum atomic E-state index is -0.592. The summed E-state index contributed by atoms with van der Waals surface area (Å²) in [4.78, 5) is 17.6. The fraction of sp³-hybridized carbons (Fsp3) is 0.538. The number of pyridine rings is 1. The van der Waals surface area contributed by atoms with Crippen molar-refractivity contribution < 1.29 is 14.6 Å². The Morgan fingerprint density at radius 1 is 1.55 bits per heavy atom. The number of amides is 1. The van der Waals surface area contributed by atoms with E-state index in [9.17, 15) is 4.79 Å². The van der Waals surface area contributed by atoms with E-state index in [0.29, 0.717) is 28.3 Å². The Bertz CT molecular complexity index is 477. The number of aliphatic hydroxyl groups excluding tert-OH is 1. The molecule has 0 aromatic carbocycles. The molecule has 0 fully saturated rings. The van der Waals surface area contributed by atoms with E-state index in [4.69, 9.17) is 21.4 Å². The van der Waals surface area contributed by atoms with Crippen molar-refractivity contribution in [1.29, 1.82) is 0 Å². The summed E-state index contributed by atoms with van der Waals surface area (Å²) >= 11 is 9.11. The molecule has 0 aliphatic rings. The Balaban J connectivity index is 2.98. The number of carbonyl (C=O) groups is 1. The lowest BCUT2D eigenvalue weighted by Gasteiger charge is -2.27. The average Bonchev–Trinajstić information content (AvgIpc) is 2.31. The van der Waals surface area contributed by atoms with Gasteiger partial charge in [0.25, 0.3) is 0 Å². The molecule has 1 aromatic rings. The van der Waals surface area contributed by atoms with Crippen LogP contribution in [0.5, 0.6) is 0 Å². The van der Waals surface area contributed by atoms with Crippen LogP contribution in [-0.2, 0) is 4.74 Å². The summed E-state index contributed by atoms with van der Waals surface area (Å²) in [5.74, 6) is 0. The predicted octanol–water partition coefficient (Wildman–Crippen LogP) is 3.62. The zero-order valence-electron chi connectivity index (χ0n) is 11.7. The molecular weight excluding hydrogens is 348 g/mol. The molecule has 1 aromatic heterocycles. The largest absolute Gasteiger partial charge is 0.443 e. The first-order valence-corrected chi connectivity index (χ1v) is 7.34. The Hall–Kier alpha value is -0.850. The highest BCUT2D eigenvalue weighted by molar-refractivity contribution is 9.10. The fourth-order valence-corrected chi connectivity index (χ4v) is 1.87. The smallest absolute Gasteiger partial charge is 0.414 e. The average molecular weight is 366 g/mol. The lowest BCUT2D eigenvalue weighted by atomic mass is 10.2. The molecule has 0 radical (unpaired) electrons. The molecule has 0 saturated heterocycles. The maximum atomic E-state index is 12.2. The first-order valence-electron chi connectivity index (χ1n) is 6.17. The van der Waals surface area contributed by atoms with Crippen molar-refractivity contribution in [2.45, 2.75) is 32.8 Å². The van der Waals surface area contributed by atoms with Crippen LogP contribution in [0.2, 0.25) is 5.15 Å². The summed E-state index contributed by atoms with van der Waals surface area (Å²) < 4.78 is 5.94. The van der Waals surface area contributed by atoms with E-state index in [-0.39, 0.29) is 6.61 Å². The maximum absolute atomic E-state index is 12.2. The summed E-state index contributed by atoms with van der Waals surface area (Å²) in [5.41, 5.74) is -0.0324. The van der Waals surface area contributed by atoms with Crippen LogP contribution in [0, 0.1) is 0 Å². The maximum Gasteiger partial charge on any atom is 0.414 e. The number of ether oxygens (including phenoxy) is 1. The van der Waals surface area contributed by atoms with Crippen molar-refractivity contribution in [2.24, 2.45) is 0 Å². The van der Waals surface area contributed by atoms with Crippen molar-refractivity contribution in [2.75, 3.05) is 18.1 Å². The van der Waals surface area contributed by atoms with Gasteiger partial charge in [0, 0.05) is 13.2 Å².